The SMILES string of the molecule is Cc1ccc(C(=O)NCC2CCN(CCCOc3ccc(S(N)(=O)=O)cc3)CC2O)c2c1OCCCO2. The molecule has 2 aliphatic heterocycles. The summed E-state index contributed by atoms with van der Waals surface area (Å²) >= 11 is 0. The summed E-state index contributed by atoms with van der Waals surface area (Å²) < 4.78 is 39.9. The van der Waals surface area contributed by atoms with Crippen LogP contribution in [0.4, 0.5) is 0 Å². The third-order valence-electron chi connectivity index (χ3n) is 6.71. The fourth-order valence-corrected chi connectivity index (χ4v) is 5.10. The van der Waals surface area contributed by atoms with Crippen molar-refractivity contribution >= 4 is 15.9 Å². The molecule has 2 aromatic carbocycles. The van der Waals surface area contributed by atoms with Crippen LogP contribution in [0.2, 0.25) is 0 Å². The number of primary sulfonamides is 1. The van der Waals surface area contributed by atoms with Crippen LogP contribution >= 0.6 is 0 Å². The first-order chi connectivity index (χ1) is 17.7. The molecule has 2 aromatic rings. The summed E-state index contributed by atoms with van der Waals surface area (Å²) in [5.74, 6) is 1.43. The molecule has 1 amide bonds. The Balaban J connectivity index is 1.19. The van der Waals surface area contributed by atoms with Crippen molar-refractivity contribution in [1.29, 1.82) is 0 Å². The van der Waals surface area contributed by atoms with Gasteiger partial charge in [0, 0.05) is 32.0 Å². The van der Waals surface area contributed by atoms with Crippen LogP contribution in [-0.4, -0.2) is 76.4 Å². The Bertz CT molecular complexity index is 1190. The lowest BCUT2D eigenvalue weighted by Gasteiger charge is -2.36. The number of sulfonamides is 1. The molecule has 2 atom stereocenters. The minimum absolute atomic E-state index is 0.0324. The molecular weight excluding hydrogens is 498 g/mol. The Morgan fingerprint density at radius 3 is 2.59 bits per heavy atom. The Morgan fingerprint density at radius 2 is 1.89 bits per heavy atom. The van der Waals surface area contributed by atoms with Crippen molar-refractivity contribution in [2.24, 2.45) is 11.1 Å². The van der Waals surface area contributed by atoms with Gasteiger partial charge in [-0.25, -0.2) is 13.6 Å². The second-order valence-electron chi connectivity index (χ2n) is 9.48. The maximum atomic E-state index is 12.9. The van der Waals surface area contributed by atoms with E-state index in [1.165, 1.54) is 12.1 Å². The third-order valence-corrected chi connectivity index (χ3v) is 7.63. The number of aryl methyl sites for hydroxylation is 1. The van der Waals surface area contributed by atoms with Gasteiger partial charge in [-0.3, -0.25) is 4.79 Å². The van der Waals surface area contributed by atoms with Crippen LogP contribution in [0.1, 0.15) is 35.2 Å². The van der Waals surface area contributed by atoms with Crippen LogP contribution in [0, 0.1) is 12.8 Å². The van der Waals surface area contributed by atoms with E-state index in [0.29, 0.717) is 55.7 Å². The first-order valence-corrected chi connectivity index (χ1v) is 14.1. The van der Waals surface area contributed by atoms with Gasteiger partial charge in [0.05, 0.1) is 36.4 Å². The molecule has 2 unspecified atom stereocenters. The quantitative estimate of drug-likeness (QED) is 0.414. The van der Waals surface area contributed by atoms with Gasteiger partial charge in [-0.2, -0.15) is 0 Å². The number of nitrogens with one attached hydrogen (secondary N) is 1. The first kappa shape index (κ1) is 27.2. The predicted octanol–water partition coefficient (Wildman–Crippen LogP) is 1.69. The Kier molecular flexibility index (Phi) is 8.91. The summed E-state index contributed by atoms with van der Waals surface area (Å²) in [7, 11) is -3.72. The van der Waals surface area contributed by atoms with E-state index in [1.807, 2.05) is 13.0 Å². The van der Waals surface area contributed by atoms with E-state index in [1.54, 1.807) is 18.2 Å². The van der Waals surface area contributed by atoms with Crippen LogP contribution in [0.15, 0.2) is 41.3 Å². The van der Waals surface area contributed by atoms with Crippen molar-refractivity contribution in [2.45, 2.75) is 37.2 Å². The van der Waals surface area contributed by atoms with Gasteiger partial charge in [-0.15, -0.1) is 0 Å². The van der Waals surface area contributed by atoms with Gasteiger partial charge >= 0.3 is 0 Å². The van der Waals surface area contributed by atoms with Crippen LogP contribution in [0.3, 0.4) is 0 Å². The molecule has 0 spiro atoms. The summed E-state index contributed by atoms with van der Waals surface area (Å²) in [6.45, 7) is 5.95. The lowest BCUT2D eigenvalue weighted by molar-refractivity contribution is 0.0205. The number of ether oxygens (including phenoxy) is 3. The third kappa shape index (κ3) is 7.13. The lowest BCUT2D eigenvalue weighted by Crippen LogP contribution is -2.48. The van der Waals surface area contributed by atoms with Gasteiger partial charge < -0.3 is 29.5 Å². The maximum Gasteiger partial charge on any atom is 0.255 e. The lowest BCUT2D eigenvalue weighted by atomic mass is 9.93. The number of hydrogen-bond acceptors (Lipinski definition) is 8. The zero-order valence-corrected chi connectivity index (χ0v) is 21.8. The van der Waals surface area contributed by atoms with E-state index < -0.39 is 16.1 Å². The largest absolute Gasteiger partial charge is 0.494 e. The van der Waals surface area contributed by atoms with Gasteiger partial charge in [0.25, 0.3) is 5.91 Å². The zero-order chi connectivity index (χ0) is 26.4. The average molecular weight is 534 g/mol. The molecule has 1 fully saturated rings. The van der Waals surface area contributed by atoms with Crippen LogP contribution < -0.4 is 24.7 Å². The number of rotatable bonds is 9. The summed E-state index contributed by atoms with van der Waals surface area (Å²) in [5, 5.41) is 18.8. The molecule has 0 radical (unpaired) electrons. The van der Waals surface area contributed by atoms with Crippen molar-refractivity contribution in [1.82, 2.24) is 10.2 Å². The second-order valence-corrected chi connectivity index (χ2v) is 11.0. The number of fused-ring (bicyclic) bond motifs is 1. The number of aliphatic hydroxyl groups excluding tert-OH is 1. The van der Waals surface area contributed by atoms with Crippen LogP contribution in [0.25, 0.3) is 0 Å². The molecule has 37 heavy (non-hydrogen) atoms. The zero-order valence-electron chi connectivity index (χ0n) is 21.0. The number of carbonyl (C=O) groups is 1. The van der Waals surface area contributed by atoms with Gasteiger partial charge in [-0.05, 0) is 62.2 Å². The van der Waals surface area contributed by atoms with E-state index in [9.17, 15) is 18.3 Å². The Morgan fingerprint density at radius 1 is 1.16 bits per heavy atom. The summed E-state index contributed by atoms with van der Waals surface area (Å²) in [5.41, 5.74) is 1.38. The standard InChI is InChI=1S/C26H35N3O7S/c1-18-4-9-22(25-24(18)35-14-3-15-36-25)26(31)28-16-19-10-12-29(17-23(19)30)11-2-13-34-20-5-7-21(8-6-20)37(27,32)33/h4-9,19,23,30H,2-3,10-17H2,1H3,(H,28,31)(H2,27,32,33). The molecule has 202 valence electrons. The van der Waals surface area contributed by atoms with Crippen LogP contribution in [-0.2, 0) is 10.0 Å². The normalized spacial score (nSPS) is 20.2. The van der Waals surface area contributed by atoms with E-state index in [-0.39, 0.29) is 16.7 Å². The molecule has 11 heteroatoms. The number of nitrogens with zero attached hydrogens (tertiary/aromatic N) is 1. The highest BCUT2D eigenvalue weighted by molar-refractivity contribution is 7.89. The molecule has 1 saturated heterocycles. The molecule has 4 rings (SSSR count). The number of hydrogen-bond donors (Lipinski definition) is 3. The highest BCUT2D eigenvalue weighted by Gasteiger charge is 2.29. The number of amides is 1. The monoisotopic (exact) mass is 533 g/mol. The second kappa shape index (κ2) is 12.1. The fourth-order valence-electron chi connectivity index (χ4n) is 4.58. The van der Waals surface area contributed by atoms with E-state index >= 15 is 0 Å². The molecule has 4 N–H and O–H groups in total. The van der Waals surface area contributed by atoms with Gasteiger partial charge in [-0.1, -0.05) is 6.07 Å². The maximum absolute atomic E-state index is 12.9. The van der Waals surface area contributed by atoms with Gasteiger partial charge in [0.15, 0.2) is 11.5 Å². The van der Waals surface area contributed by atoms with Crippen molar-refractivity contribution < 1.29 is 32.5 Å². The van der Waals surface area contributed by atoms with E-state index in [0.717, 1.165) is 37.9 Å². The molecule has 0 aromatic heterocycles. The van der Waals surface area contributed by atoms with Crippen molar-refractivity contribution in [3.05, 3.63) is 47.5 Å². The van der Waals surface area contributed by atoms with Gasteiger partial charge in [0.1, 0.15) is 5.75 Å². The molecule has 0 bridgehead atoms. The molecule has 0 aliphatic carbocycles. The highest BCUT2D eigenvalue weighted by atomic mass is 32.2. The average Bonchev–Trinajstić information content (AvgIpc) is 3.13. The molecule has 2 aliphatic rings. The Labute approximate surface area is 217 Å². The molecule has 0 saturated carbocycles. The molecule has 10 nitrogen and oxygen atoms in total. The number of piperidine rings is 1. The number of carbonyl (C=O) groups excluding carboxylic acids is 1. The summed E-state index contributed by atoms with van der Waals surface area (Å²) in [6, 6.07) is 9.61. The predicted molar refractivity (Wildman–Crippen MR) is 138 cm³/mol. The minimum Gasteiger partial charge on any atom is -0.494 e. The Hall–Kier alpha value is -2.86. The summed E-state index contributed by atoms with van der Waals surface area (Å²) in [6.07, 6.45) is 1.74. The molecular formula is C26H35N3O7S. The highest BCUT2D eigenvalue weighted by Crippen LogP contribution is 2.36. The van der Waals surface area contributed by atoms with Crippen molar-refractivity contribution in [3.8, 4) is 17.2 Å². The number of nitrogens with two attached hydrogens (primary N) is 1. The van der Waals surface area contributed by atoms with Crippen molar-refractivity contribution in [3.63, 3.8) is 0 Å². The number of benzene rings is 2. The minimum atomic E-state index is -3.72. The number of likely N-dealkylation sites (tertiary alicyclic amines) is 1. The number of aliphatic hydroxyl groups is 1. The van der Waals surface area contributed by atoms with E-state index in [4.69, 9.17) is 19.3 Å². The summed E-state index contributed by atoms with van der Waals surface area (Å²) in [4.78, 5) is 15.2. The smallest absolute Gasteiger partial charge is 0.255 e. The first-order valence-electron chi connectivity index (χ1n) is 12.6. The fraction of sp³-hybridized carbons (Fsp3) is 0.500. The number of β-amino-alcohol motifs (C(OH)–C–C–N with tert-alkyl or cyclic N) is 1. The van der Waals surface area contributed by atoms with Crippen LogP contribution in [0.5, 0.6) is 17.2 Å². The van der Waals surface area contributed by atoms with E-state index in [2.05, 4.69) is 10.2 Å². The van der Waals surface area contributed by atoms with Gasteiger partial charge in [0.2, 0.25) is 10.0 Å². The topological polar surface area (TPSA) is 140 Å². The molecule has 2 heterocycles. The van der Waals surface area contributed by atoms with Crippen molar-refractivity contribution in [2.75, 3.05) is 46.0 Å².